The van der Waals surface area contributed by atoms with Gasteiger partial charge >= 0.3 is 0 Å². The first kappa shape index (κ1) is 12.7. The molecule has 2 heterocycles. The van der Waals surface area contributed by atoms with Crippen molar-refractivity contribution in [3.63, 3.8) is 0 Å². The van der Waals surface area contributed by atoms with Crippen LogP contribution in [0.1, 0.15) is 21.5 Å². The van der Waals surface area contributed by atoms with Crippen LogP contribution in [0.25, 0.3) is 0 Å². The lowest BCUT2D eigenvalue weighted by molar-refractivity contribution is 0.1000. The molecule has 3 rings (SSSR count). The van der Waals surface area contributed by atoms with Gasteiger partial charge in [0.15, 0.2) is 0 Å². The van der Waals surface area contributed by atoms with Crippen molar-refractivity contribution >= 4 is 5.91 Å². The summed E-state index contributed by atoms with van der Waals surface area (Å²) >= 11 is 0. The van der Waals surface area contributed by atoms with Crippen molar-refractivity contribution in [2.45, 2.75) is 12.8 Å². The largest absolute Gasteiger partial charge is 0.493 e. The molecule has 0 spiro atoms. The van der Waals surface area contributed by atoms with E-state index in [1.54, 1.807) is 6.20 Å². The third-order valence-corrected chi connectivity index (χ3v) is 3.56. The third kappa shape index (κ3) is 2.64. The molecule has 1 atom stereocenters. The Kier molecular flexibility index (Phi) is 3.37. The molecule has 2 N–H and O–H groups in total. The van der Waals surface area contributed by atoms with Crippen LogP contribution in [0.5, 0.6) is 5.75 Å². The number of nitrogens with zero attached hydrogens (tertiary/aromatic N) is 1. The topological polar surface area (TPSA) is 65.2 Å². The van der Waals surface area contributed by atoms with E-state index in [4.69, 9.17) is 10.5 Å². The number of carbonyl (C=O) groups excluding carboxylic acids is 1. The van der Waals surface area contributed by atoms with Crippen LogP contribution in [-0.2, 0) is 12.8 Å². The lowest BCUT2D eigenvalue weighted by atomic mass is 9.91. The van der Waals surface area contributed by atoms with E-state index in [1.165, 1.54) is 11.8 Å². The van der Waals surface area contributed by atoms with Crippen LogP contribution in [-0.4, -0.2) is 17.5 Å². The Bertz CT molecular complexity index is 640. The molecule has 20 heavy (non-hydrogen) atoms. The second-order valence-electron chi connectivity index (χ2n) is 5.14. The predicted octanol–water partition coefficient (Wildman–Crippen LogP) is 1.97. The summed E-state index contributed by atoms with van der Waals surface area (Å²) in [4.78, 5) is 15.2. The summed E-state index contributed by atoms with van der Waals surface area (Å²) in [6.07, 6.45) is 5.10. The third-order valence-electron chi connectivity index (χ3n) is 3.56. The second-order valence-corrected chi connectivity index (χ2v) is 5.14. The predicted molar refractivity (Wildman–Crippen MR) is 75.6 cm³/mol. The van der Waals surface area contributed by atoms with Crippen molar-refractivity contribution < 1.29 is 9.53 Å². The molecular weight excluding hydrogens is 252 g/mol. The number of amides is 1. The van der Waals surface area contributed by atoms with Gasteiger partial charge in [-0.2, -0.15) is 0 Å². The molecule has 1 aliphatic rings. The maximum atomic E-state index is 11.2. The minimum absolute atomic E-state index is 0.398. The average Bonchev–Trinajstić information content (AvgIpc) is 2.47. The van der Waals surface area contributed by atoms with Gasteiger partial charge in [0, 0.05) is 18.3 Å². The van der Waals surface area contributed by atoms with Crippen molar-refractivity contribution in [3.05, 3.63) is 59.4 Å². The molecule has 0 saturated heterocycles. The van der Waals surface area contributed by atoms with E-state index < -0.39 is 5.91 Å². The van der Waals surface area contributed by atoms with Gasteiger partial charge in [0.2, 0.25) is 5.91 Å². The summed E-state index contributed by atoms with van der Waals surface area (Å²) in [6.45, 7) is 0.692. The first-order chi connectivity index (χ1) is 9.72. The van der Waals surface area contributed by atoms with E-state index in [9.17, 15) is 4.79 Å². The molecule has 1 aromatic carbocycles. The zero-order valence-corrected chi connectivity index (χ0v) is 11.1. The fraction of sp³-hybridized carbons (Fsp3) is 0.250. The molecule has 4 nitrogen and oxygen atoms in total. The van der Waals surface area contributed by atoms with Crippen LogP contribution < -0.4 is 10.5 Å². The molecule has 0 unspecified atom stereocenters. The standard InChI is InChI=1S/C16H16N2O2/c17-16(19)14-6-11(8-18-9-14)5-12-7-13-3-1-2-4-15(13)20-10-12/h1-4,6,8-9,12H,5,7,10H2,(H2,17,19)/t12-/m1/s1. The Hall–Kier alpha value is -2.36. The van der Waals surface area contributed by atoms with Gasteiger partial charge in [-0.1, -0.05) is 18.2 Å². The van der Waals surface area contributed by atoms with Gasteiger partial charge in [-0.15, -0.1) is 0 Å². The number of hydrogen-bond donors (Lipinski definition) is 1. The van der Waals surface area contributed by atoms with Crippen molar-refractivity contribution in [3.8, 4) is 5.75 Å². The number of primary amides is 1. The quantitative estimate of drug-likeness (QED) is 0.925. The second kappa shape index (κ2) is 5.33. The molecule has 0 radical (unpaired) electrons. The summed E-state index contributed by atoms with van der Waals surface area (Å²) in [7, 11) is 0. The van der Waals surface area contributed by atoms with Crippen molar-refractivity contribution in [1.82, 2.24) is 4.98 Å². The average molecular weight is 268 g/mol. The fourth-order valence-corrected chi connectivity index (χ4v) is 2.59. The van der Waals surface area contributed by atoms with Crippen LogP contribution in [0.2, 0.25) is 0 Å². The van der Waals surface area contributed by atoms with Gasteiger partial charge in [0.05, 0.1) is 12.2 Å². The van der Waals surface area contributed by atoms with E-state index in [2.05, 4.69) is 11.1 Å². The first-order valence-corrected chi connectivity index (χ1v) is 6.67. The number of ether oxygens (including phenoxy) is 1. The van der Waals surface area contributed by atoms with Crippen LogP contribution in [0.3, 0.4) is 0 Å². The molecule has 1 amide bonds. The molecule has 0 aliphatic carbocycles. The number of aromatic nitrogens is 1. The molecule has 4 heteroatoms. The number of hydrogen-bond acceptors (Lipinski definition) is 3. The highest BCUT2D eigenvalue weighted by Gasteiger charge is 2.20. The number of pyridine rings is 1. The summed E-state index contributed by atoms with van der Waals surface area (Å²) in [6, 6.07) is 9.93. The summed E-state index contributed by atoms with van der Waals surface area (Å²) in [5.41, 5.74) is 7.99. The van der Waals surface area contributed by atoms with Gasteiger partial charge in [-0.25, -0.2) is 0 Å². The lowest BCUT2D eigenvalue weighted by Gasteiger charge is -2.25. The van der Waals surface area contributed by atoms with Crippen LogP contribution >= 0.6 is 0 Å². The molecule has 1 aromatic heterocycles. The Morgan fingerprint density at radius 2 is 2.20 bits per heavy atom. The Morgan fingerprint density at radius 1 is 1.35 bits per heavy atom. The molecule has 0 fully saturated rings. The normalized spacial score (nSPS) is 17.1. The number of carbonyl (C=O) groups is 1. The summed E-state index contributed by atoms with van der Waals surface area (Å²) in [5, 5.41) is 0. The van der Waals surface area contributed by atoms with E-state index >= 15 is 0 Å². The number of nitrogens with two attached hydrogens (primary N) is 1. The maximum Gasteiger partial charge on any atom is 0.250 e. The zero-order chi connectivity index (χ0) is 13.9. The summed E-state index contributed by atoms with van der Waals surface area (Å²) < 4.78 is 5.77. The Morgan fingerprint density at radius 3 is 3.05 bits per heavy atom. The van der Waals surface area contributed by atoms with Gasteiger partial charge in [-0.3, -0.25) is 9.78 Å². The highest BCUT2D eigenvalue weighted by Crippen LogP contribution is 2.28. The Balaban J connectivity index is 1.73. The monoisotopic (exact) mass is 268 g/mol. The summed E-state index contributed by atoms with van der Waals surface area (Å²) in [5.74, 6) is 0.937. The van der Waals surface area contributed by atoms with Gasteiger partial charge in [0.25, 0.3) is 0 Å². The first-order valence-electron chi connectivity index (χ1n) is 6.67. The van der Waals surface area contributed by atoms with Gasteiger partial charge < -0.3 is 10.5 Å². The van der Waals surface area contributed by atoms with E-state index in [-0.39, 0.29) is 0 Å². The van der Waals surface area contributed by atoms with Crippen LogP contribution in [0, 0.1) is 5.92 Å². The lowest BCUT2D eigenvalue weighted by Crippen LogP contribution is -2.23. The molecule has 1 aliphatic heterocycles. The molecule has 102 valence electrons. The van der Waals surface area contributed by atoms with Crippen molar-refractivity contribution in [2.24, 2.45) is 11.7 Å². The van der Waals surface area contributed by atoms with E-state index in [1.807, 2.05) is 24.3 Å². The highest BCUT2D eigenvalue weighted by atomic mass is 16.5. The number of rotatable bonds is 3. The smallest absolute Gasteiger partial charge is 0.250 e. The van der Waals surface area contributed by atoms with Crippen molar-refractivity contribution in [2.75, 3.05) is 6.61 Å². The Labute approximate surface area is 117 Å². The molecule has 2 aromatic rings. The van der Waals surface area contributed by atoms with Crippen LogP contribution in [0.15, 0.2) is 42.7 Å². The minimum Gasteiger partial charge on any atom is -0.493 e. The molecule has 0 saturated carbocycles. The highest BCUT2D eigenvalue weighted by molar-refractivity contribution is 5.92. The molecule has 0 bridgehead atoms. The van der Waals surface area contributed by atoms with Crippen LogP contribution in [0.4, 0.5) is 0 Å². The number of fused-ring (bicyclic) bond motifs is 1. The van der Waals surface area contributed by atoms with E-state index in [0.717, 1.165) is 24.2 Å². The maximum absolute atomic E-state index is 11.2. The molecular formula is C16H16N2O2. The SMILES string of the molecule is NC(=O)c1cncc(C[C@H]2COc3ccccc3C2)c1. The minimum atomic E-state index is -0.440. The van der Waals surface area contributed by atoms with Gasteiger partial charge in [0.1, 0.15) is 5.75 Å². The number of para-hydroxylation sites is 1. The van der Waals surface area contributed by atoms with E-state index in [0.29, 0.717) is 18.1 Å². The zero-order valence-electron chi connectivity index (χ0n) is 11.1. The fourth-order valence-electron chi connectivity index (χ4n) is 2.59. The van der Waals surface area contributed by atoms with Gasteiger partial charge in [-0.05, 0) is 36.1 Å². The van der Waals surface area contributed by atoms with Crippen molar-refractivity contribution in [1.29, 1.82) is 0 Å². The number of benzene rings is 1.